The Labute approximate surface area is 145 Å². The van der Waals surface area contributed by atoms with Gasteiger partial charge in [-0.3, -0.25) is 9.59 Å². The molecule has 1 amide bonds. The molecule has 25 heavy (non-hydrogen) atoms. The molecule has 2 aromatic carbocycles. The molecule has 0 saturated carbocycles. The molecule has 6 heteroatoms. The van der Waals surface area contributed by atoms with E-state index in [9.17, 15) is 14.0 Å². The van der Waals surface area contributed by atoms with Gasteiger partial charge < -0.3 is 14.8 Å². The molecule has 0 aromatic heterocycles. The van der Waals surface area contributed by atoms with Gasteiger partial charge in [-0.15, -0.1) is 0 Å². The van der Waals surface area contributed by atoms with Gasteiger partial charge in [0, 0.05) is 6.07 Å². The lowest BCUT2D eigenvalue weighted by Gasteiger charge is -2.19. The third kappa shape index (κ3) is 5.91. The Hall–Kier alpha value is -2.89. The summed E-state index contributed by atoms with van der Waals surface area (Å²) in [5.74, 6) is -1.20. The smallest absolute Gasteiger partial charge is 0.325 e. The van der Waals surface area contributed by atoms with Crippen LogP contribution in [0.25, 0.3) is 0 Å². The average Bonchev–Trinajstić information content (AvgIpc) is 2.52. The molecule has 0 fully saturated rings. The first-order chi connectivity index (χ1) is 11.7. The van der Waals surface area contributed by atoms with Crippen LogP contribution in [0.2, 0.25) is 0 Å². The molecule has 0 heterocycles. The number of para-hydroxylation sites is 1. The van der Waals surface area contributed by atoms with Crippen molar-refractivity contribution < 1.29 is 23.5 Å². The maximum atomic E-state index is 14.1. The highest BCUT2D eigenvalue weighted by molar-refractivity contribution is 5.96. The Morgan fingerprint density at radius 3 is 2.32 bits per heavy atom. The summed E-state index contributed by atoms with van der Waals surface area (Å²) in [6.07, 6.45) is 0. The van der Waals surface area contributed by atoms with Crippen molar-refractivity contribution in [2.24, 2.45) is 0 Å². The molecule has 0 aliphatic rings. The van der Waals surface area contributed by atoms with Gasteiger partial charge in [0.15, 0.2) is 0 Å². The van der Waals surface area contributed by atoms with Crippen LogP contribution in [0.15, 0.2) is 48.5 Å². The minimum atomic E-state index is -0.741. The molecule has 0 saturated heterocycles. The lowest BCUT2D eigenvalue weighted by atomic mass is 10.2. The van der Waals surface area contributed by atoms with Crippen molar-refractivity contribution in [2.75, 3.05) is 6.54 Å². The lowest BCUT2D eigenvalue weighted by molar-refractivity contribution is -0.153. The number of esters is 1. The molecule has 0 aliphatic heterocycles. The number of rotatable bonds is 5. The van der Waals surface area contributed by atoms with Gasteiger partial charge in [-0.25, -0.2) is 4.39 Å². The fourth-order valence-corrected chi connectivity index (χ4v) is 1.99. The zero-order chi connectivity index (χ0) is 18.4. The Balaban J connectivity index is 1.98. The molecule has 5 nitrogen and oxygen atoms in total. The van der Waals surface area contributed by atoms with E-state index >= 15 is 0 Å². The summed E-state index contributed by atoms with van der Waals surface area (Å²) in [5.41, 5.74) is -0.826. The fraction of sp³-hybridized carbons (Fsp3) is 0.263. The van der Waals surface area contributed by atoms with Crippen molar-refractivity contribution >= 4 is 11.9 Å². The van der Waals surface area contributed by atoms with Crippen molar-refractivity contribution in [3.05, 3.63) is 59.9 Å². The van der Waals surface area contributed by atoms with Crippen LogP contribution in [0.5, 0.6) is 11.5 Å². The van der Waals surface area contributed by atoms with Gasteiger partial charge in [-0.2, -0.15) is 0 Å². The molecule has 0 unspecified atom stereocenters. The number of amides is 1. The SMILES string of the molecule is CC(C)(C)OC(=O)CNC(=O)c1ccc(Oc2ccccc2)cc1F. The minimum Gasteiger partial charge on any atom is -0.459 e. The second-order valence-corrected chi connectivity index (χ2v) is 6.33. The fourth-order valence-electron chi connectivity index (χ4n) is 1.99. The van der Waals surface area contributed by atoms with Crippen LogP contribution in [-0.2, 0) is 9.53 Å². The number of benzene rings is 2. The van der Waals surface area contributed by atoms with Gasteiger partial charge in [-0.05, 0) is 45.0 Å². The van der Waals surface area contributed by atoms with Crippen molar-refractivity contribution in [3.63, 3.8) is 0 Å². The number of hydrogen-bond donors (Lipinski definition) is 1. The van der Waals surface area contributed by atoms with E-state index in [1.165, 1.54) is 12.1 Å². The largest absolute Gasteiger partial charge is 0.459 e. The zero-order valence-corrected chi connectivity index (χ0v) is 14.3. The Bertz CT molecular complexity index is 754. The van der Waals surface area contributed by atoms with Gasteiger partial charge in [0.05, 0.1) is 5.56 Å². The molecule has 0 radical (unpaired) electrons. The molecule has 0 aliphatic carbocycles. The summed E-state index contributed by atoms with van der Waals surface area (Å²) in [4.78, 5) is 23.6. The predicted octanol–water partition coefficient (Wildman–Crippen LogP) is 3.69. The monoisotopic (exact) mass is 345 g/mol. The second kappa shape index (κ2) is 7.79. The lowest BCUT2D eigenvalue weighted by Crippen LogP contribution is -2.34. The molecule has 1 N–H and O–H groups in total. The van der Waals surface area contributed by atoms with Crippen LogP contribution in [0.1, 0.15) is 31.1 Å². The Kier molecular flexibility index (Phi) is 5.75. The number of carbonyl (C=O) groups excluding carboxylic acids is 2. The first-order valence-corrected chi connectivity index (χ1v) is 7.77. The first kappa shape index (κ1) is 18.4. The van der Waals surface area contributed by atoms with E-state index in [-0.39, 0.29) is 17.9 Å². The number of hydrogen-bond acceptors (Lipinski definition) is 4. The maximum Gasteiger partial charge on any atom is 0.325 e. The number of ether oxygens (including phenoxy) is 2. The van der Waals surface area contributed by atoms with E-state index in [0.717, 1.165) is 6.07 Å². The minimum absolute atomic E-state index is 0.177. The third-order valence-electron chi connectivity index (χ3n) is 2.98. The van der Waals surface area contributed by atoms with E-state index in [2.05, 4.69) is 5.32 Å². The first-order valence-electron chi connectivity index (χ1n) is 7.77. The van der Waals surface area contributed by atoms with Crippen molar-refractivity contribution in [1.29, 1.82) is 0 Å². The van der Waals surface area contributed by atoms with E-state index in [0.29, 0.717) is 5.75 Å². The normalized spacial score (nSPS) is 10.9. The van der Waals surface area contributed by atoms with Gasteiger partial charge in [0.2, 0.25) is 0 Å². The van der Waals surface area contributed by atoms with Crippen LogP contribution in [0, 0.1) is 5.82 Å². The molecule has 0 bridgehead atoms. The van der Waals surface area contributed by atoms with Crippen LogP contribution < -0.4 is 10.1 Å². The van der Waals surface area contributed by atoms with E-state index < -0.39 is 23.3 Å². The van der Waals surface area contributed by atoms with Gasteiger partial charge in [-0.1, -0.05) is 18.2 Å². The molecular formula is C19H20FNO4. The molecule has 0 spiro atoms. The topological polar surface area (TPSA) is 64.6 Å². The number of carbonyl (C=O) groups is 2. The molecule has 2 aromatic rings. The van der Waals surface area contributed by atoms with Gasteiger partial charge in [0.25, 0.3) is 5.91 Å². The standard InChI is InChI=1S/C19H20FNO4/c1-19(2,3)25-17(22)12-21-18(23)15-10-9-14(11-16(15)20)24-13-7-5-4-6-8-13/h4-11H,12H2,1-3H3,(H,21,23). The van der Waals surface area contributed by atoms with Crippen LogP contribution in [0.3, 0.4) is 0 Å². The van der Waals surface area contributed by atoms with Crippen molar-refractivity contribution in [1.82, 2.24) is 5.32 Å². The highest BCUT2D eigenvalue weighted by Gasteiger charge is 2.18. The molecular weight excluding hydrogens is 325 g/mol. The number of halogens is 1. The number of nitrogens with one attached hydrogen (secondary N) is 1. The summed E-state index contributed by atoms with van der Waals surface area (Å²) in [5, 5.41) is 2.34. The van der Waals surface area contributed by atoms with E-state index in [1.54, 1.807) is 45.0 Å². The summed E-state index contributed by atoms with van der Waals surface area (Å²) < 4.78 is 24.7. The van der Waals surface area contributed by atoms with E-state index in [1.807, 2.05) is 6.07 Å². The van der Waals surface area contributed by atoms with Crippen LogP contribution >= 0.6 is 0 Å². The van der Waals surface area contributed by atoms with Crippen LogP contribution in [0.4, 0.5) is 4.39 Å². The second-order valence-electron chi connectivity index (χ2n) is 6.33. The summed E-state index contributed by atoms with van der Waals surface area (Å²) in [6.45, 7) is 4.82. The zero-order valence-electron chi connectivity index (χ0n) is 14.3. The summed E-state index contributed by atoms with van der Waals surface area (Å²) in [7, 11) is 0. The molecule has 0 atom stereocenters. The van der Waals surface area contributed by atoms with Gasteiger partial charge >= 0.3 is 5.97 Å². The van der Waals surface area contributed by atoms with Crippen molar-refractivity contribution in [3.8, 4) is 11.5 Å². The third-order valence-corrected chi connectivity index (χ3v) is 2.98. The maximum absolute atomic E-state index is 14.1. The predicted molar refractivity (Wildman–Crippen MR) is 91.1 cm³/mol. The van der Waals surface area contributed by atoms with Gasteiger partial charge in [0.1, 0.15) is 29.5 Å². The quantitative estimate of drug-likeness (QED) is 0.840. The average molecular weight is 345 g/mol. The van der Waals surface area contributed by atoms with E-state index in [4.69, 9.17) is 9.47 Å². The highest BCUT2D eigenvalue weighted by atomic mass is 19.1. The Morgan fingerprint density at radius 2 is 1.72 bits per heavy atom. The Morgan fingerprint density at radius 1 is 1.04 bits per heavy atom. The molecule has 132 valence electrons. The highest BCUT2D eigenvalue weighted by Crippen LogP contribution is 2.23. The summed E-state index contributed by atoms with van der Waals surface area (Å²) >= 11 is 0. The van der Waals surface area contributed by atoms with Crippen molar-refractivity contribution in [2.45, 2.75) is 26.4 Å². The van der Waals surface area contributed by atoms with Crippen LogP contribution in [-0.4, -0.2) is 24.0 Å². The summed E-state index contributed by atoms with van der Waals surface area (Å²) in [6, 6.07) is 12.8. The molecule has 2 rings (SSSR count).